The Morgan fingerprint density at radius 1 is 1.04 bits per heavy atom. The third kappa shape index (κ3) is 4.41. The fourth-order valence-corrected chi connectivity index (χ4v) is 4.79. The van der Waals surface area contributed by atoms with E-state index in [2.05, 4.69) is 10.6 Å². The van der Waals surface area contributed by atoms with Crippen LogP contribution in [-0.4, -0.2) is 30.9 Å². The van der Waals surface area contributed by atoms with Gasteiger partial charge in [-0.15, -0.1) is 0 Å². The minimum atomic E-state index is -3.38. The molecular formula is C19H23N3O2S2. The summed E-state index contributed by atoms with van der Waals surface area (Å²) in [6.07, 6.45) is 1.86. The topological polar surface area (TPSA) is 61.4 Å². The molecule has 0 saturated carbocycles. The zero-order valence-corrected chi connectivity index (χ0v) is 16.3. The summed E-state index contributed by atoms with van der Waals surface area (Å²) in [6.45, 7) is 3.25. The van der Waals surface area contributed by atoms with E-state index in [9.17, 15) is 8.42 Å². The van der Waals surface area contributed by atoms with Crippen LogP contribution in [0, 0.1) is 0 Å². The average molecular weight is 390 g/mol. The third-order valence-electron chi connectivity index (χ3n) is 4.46. The first-order chi connectivity index (χ1) is 12.5. The Hall–Kier alpha value is -1.96. The molecule has 138 valence electrons. The van der Waals surface area contributed by atoms with Crippen LogP contribution in [0.3, 0.4) is 0 Å². The minimum Gasteiger partial charge on any atom is -0.356 e. The molecule has 1 unspecified atom stereocenters. The summed E-state index contributed by atoms with van der Waals surface area (Å²) in [4.78, 5) is 0.321. The standard InChI is InChI=1S/C19H23N3O2S2/c1-15(16-7-3-2-4-8-16)20-19(25)21-17-9-11-18(12-10-17)26(23,24)22-13-5-6-14-22/h2-4,7-12,15H,5-6,13-14H2,1H3,(H2,20,21,25). The maximum atomic E-state index is 12.5. The highest BCUT2D eigenvalue weighted by atomic mass is 32.2. The van der Waals surface area contributed by atoms with Crippen molar-refractivity contribution >= 4 is 33.0 Å². The Kier molecular flexibility index (Phi) is 5.90. The first kappa shape index (κ1) is 18.8. The summed E-state index contributed by atoms with van der Waals surface area (Å²) in [5.41, 5.74) is 1.90. The third-order valence-corrected chi connectivity index (χ3v) is 6.59. The Morgan fingerprint density at radius 3 is 2.27 bits per heavy atom. The van der Waals surface area contributed by atoms with Gasteiger partial charge >= 0.3 is 0 Å². The molecule has 2 N–H and O–H groups in total. The summed E-state index contributed by atoms with van der Waals surface area (Å²) >= 11 is 5.36. The molecule has 1 fully saturated rings. The zero-order chi connectivity index (χ0) is 18.6. The Bertz CT molecular complexity index is 846. The van der Waals surface area contributed by atoms with Crippen LogP contribution < -0.4 is 10.6 Å². The van der Waals surface area contributed by atoms with Crippen molar-refractivity contribution in [3.05, 3.63) is 60.2 Å². The quantitative estimate of drug-likeness (QED) is 0.766. The second kappa shape index (κ2) is 8.16. The summed E-state index contributed by atoms with van der Waals surface area (Å²) < 4.78 is 26.6. The van der Waals surface area contributed by atoms with Gasteiger partial charge in [-0.25, -0.2) is 8.42 Å². The van der Waals surface area contributed by atoms with Crippen LogP contribution in [0.1, 0.15) is 31.4 Å². The van der Waals surface area contributed by atoms with E-state index in [-0.39, 0.29) is 6.04 Å². The molecule has 2 aromatic carbocycles. The second-order valence-electron chi connectivity index (χ2n) is 6.37. The SMILES string of the molecule is CC(NC(=S)Nc1ccc(S(=O)(=O)N2CCCC2)cc1)c1ccccc1. The summed E-state index contributed by atoms with van der Waals surface area (Å²) in [7, 11) is -3.38. The fraction of sp³-hybridized carbons (Fsp3) is 0.316. The Labute approximate surface area is 160 Å². The number of benzene rings is 2. The highest BCUT2D eigenvalue weighted by Crippen LogP contribution is 2.22. The van der Waals surface area contributed by atoms with Gasteiger partial charge in [0, 0.05) is 18.8 Å². The molecule has 1 aliphatic heterocycles. The van der Waals surface area contributed by atoms with Gasteiger partial charge in [0.15, 0.2) is 5.11 Å². The molecule has 0 bridgehead atoms. The number of hydrogen-bond donors (Lipinski definition) is 2. The molecule has 26 heavy (non-hydrogen) atoms. The van der Waals surface area contributed by atoms with Gasteiger partial charge in [-0.2, -0.15) is 4.31 Å². The lowest BCUT2D eigenvalue weighted by Gasteiger charge is -2.18. The molecule has 1 heterocycles. The molecule has 0 aliphatic carbocycles. The van der Waals surface area contributed by atoms with Crippen molar-refractivity contribution in [2.24, 2.45) is 0 Å². The van der Waals surface area contributed by atoms with Crippen LogP contribution in [0.15, 0.2) is 59.5 Å². The molecule has 0 aromatic heterocycles. The van der Waals surface area contributed by atoms with E-state index in [1.807, 2.05) is 37.3 Å². The van der Waals surface area contributed by atoms with Gasteiger partial charge in [0.2, 0.25) is 10.0 Å². The van der Waals surface area contributed by atoms with E-state index in [0.29, 0.717) is 23.1 Å². The van der Waals surface area contributed by atoms with E-state index >= 15 is 0 Å². The summed E-state index contributed by atoms with van der Waals surface area (Å²) in [6, 6.07) is 16.8. The maximum Gasteiger partial charge on any atom is 0.243 e. The molecule has 2 aromatic rings. The van der Waals surface area contributed by atoms with Crippen molar-refractivity contribution < 1.29 is 8.42 Å². The van der Waals surface area contributed by atoms with Crippen molar-refractivity contribution in [3.63, 3.8) is 0 Å². The molecule has 1 saturated heterocycles. The summed E-state index contributed by atoms with van der Waals surface area (Å²) in [5.74, 6) is 0. The van der Waals surface area contributed by atoms with E-state index in [0.717, 1.165) is 24.1 Å². The number of hydrogen-bond acceptors (Lipinski definition) is 3. The smallest absolute Gasteiger partial charge is 0.243 e. The van der Waals surface area contributed by atoms with Crippen LogP contribution in [0.25, 0.3) is 0 Å². The normalized spacial score (nSPS) is 16.2. The lowest BCUT2D eigenvalue weighted by Crippen LogP contribution is -2.31. The molecule has 0 radical (unpaired) electrons. The maximum absolute atomic E-state index is 12.5. The molecule has 5 nitrogen and oxygen atoms in total. The number of thiocarbonyl (C=S) groups is 1. The zero-order valence-electron chi connectivity index (χ0n) is 14.7. The predicted octanol–water partition coefficient (Wildman–Crippen LogP) is 3.52. The van der Waals surface area contributed by atoms with Gasteiger partial charge in [-0.1, -0.05) is 30.3 Å². The number of nitrogens with zero attached hydrogens (tertiary/aromatic N) is 1. The van der Waals surface area contributed by atoms with Crippen molar-refractivity contribution in [3.8, 4) is 0 Å². The van der Waals surface area contributed by atoms with Crippen LogP contribution in [0.4, 0.5) is 5.69 Å². The molecular weight excluding hydrogens is 366 g/mol. The van der Waals surface area contributed by atoms with E-state index in [4.69, 9.17) is 12.2 Å². The van der Waals surface area contributed by atoms with Gasteiger partial charge in [0.05, 0.1) is 10.9 Å². The molecule has 0 spiro atoms. The monoisotopic (exact) mass is 389 g/mol. The largest absolute Gasteiger partial charge is 0.356 e. The van der Waals surface area contributed by atoms with Crippen molar-refractivity contribution in [2.45, 2.75) is 30.7 Å². The Morgan fingerprint density at radius 2 is 1.65 bits per heavy atom. The molecule has 7 heteroatoms. The van der Waals surface area contributed by atoms with Gasteiger partial charge in [0.25, 0.3) is 0 Å². The highest BCUT2D eigenvalue weighted by molar-refractivity contribution is 7.89. The van der Waals surface area contributed by atoms with Crippen molar-refractivity contribution in [2.75, 3.05) is 18.4 Å². The highest BCUT2D eigenvalue weighted by Gasteiger charge is 2.26. The molecule has 0 amide bonds. The predicted molar refractivity (Wildman–Crippen MR) is 109 cm³/mol. The molecule has 3 rings (SSSR count). The second-order valence-corrected chi connectivity index (χ2v) is 8.71. The first-order valence-electron chi connectivity index (χ1n) is 8.69. The Balaban J connectivity index is 1.61. The minimum absolute atomic E-state index is 0.0750. The lowest BCUT2D eigenvalue weighted by molar-refractivity contribution is 0.477. The van der Waals surface area contributed by atoms with Crippen molar-refractivity contribution in [1.29, 1.82) is 0 Å². The van der Waals surface area contributed by atoms with Crippen LogP contribution in [0.5, 0.6) is 0 Å². The number of anilines is 1. The average Bonchev–Trinajstić information content (AvgIpc) is 3.18. The lowest BCUT2D eigenvalue weighted by atomic mass is 10.1. The van der Waals surface area contributed by atoms with Gasteiger partial charge in [-0.3, -0.25) is 0 Å². The van der Waals surface area contributed by atoms with Gasteiger partial charge in [0.1, 0.15) is 0 Å². The number of rotatable bonds is 5. The van der Waals surface area contributed by atoms with E-state index in [1.165, 1.54) is 0 Å². The fourth-order valence-electron chi connectivity index (χ4n) is 2.98. The first-order valence-corrected chi connectivity index (χ1v) is 10.5. The number of nitrogens with one attached hydrogen (secondary N) is 2. The van der Waals surface area contributed by atoms with E-state index < -0.39 is 10.0 Å². The van der Waals surface area contributed by atoms with Gasteiger partial charge < -0.3 is 10.6 Å². The molecule has 1 atom stereocenters. The van der Waals surface area contributed by atoms with Crippen LogP contribution >= 0.6 is 12.2 Å². The van der Waals surface area contributed by atoms with Crippen LogP contribution in [0.2, 0.25) is 0 Å². The van der Waals surface area contributed by atoms with Crippen molar-refractivity contribution in [1.82, 2.24) is 9.62 Å². The number of sulfonamides is 1. The summed E-state index contributed by atoms with van der Waals surface area (Å²) in [5, 5.41) is 6.83. The van der Waals surface area contributed by atoms with E-state index in [1.54, 1.807) is 28.6 Å². The van der Waals surface area contributed by atoms with Gasteiger partial charge in [-0.05, 0) is 61.8 Å². The molecule has 1 aliphatic rings. The van der Waals surface area contributed by atoms with Crippen LogP contribution in [-0.2, 0) is 10.0 Å².